The first-order valence-electron chi connectivity index (χ1n) is 5.62. The molecule has 2 aromatic rings. The van der Waals surface area contributed by atoms with Crippen molar-refractivity contribution in [2.75, 3.05) is 0 Å². The maximum Gasteiger partial charge on any atom is 0.120 e. The van der Waals surface area contributed by atoms with Crippen LogP contribution in [0.25, 0.3) is 0 Å². The maximum absolute atomic E-state index is 5.88. The van der Waals surface area contributed by atoms with Crippen LogP contribution in [0.2, 0.25) is 0 Å². The number of alkyl halides is 1. The van der Waals surface area contributed by atoms with Gasteiger partial charge in [0.1, 0.15) is 12.4 Å². The van der Waals surface area contributed by atoms with Gasteiger partial charge >= 0.3 is 0 Å². The van der Waals surface area contributed by atoms with Gasteiger partial charge in [-0.05, 0) is 35.7 Å². The van der Waals surface area contributed by atoms with E-state index in [4.69, 9.17) is 16.3 Å². The van der Waals surface area contributed by atoms with Crippen LogP contribution >= 0.6 is 11.6 Å². The zero-order valence-electron chi connectivity index (χ0n) is 9.82. The van der Waals surface area contributed by atoms with Crippen LogP contribution in [0.4, 0.5) is 0 Å². The van der Waals surface area contributed by atoms with Crippen molar-refractivity contribution in [3.8, 4) is 5.75 Å². The molecule has 0 unspecified atom stereocenters. The Bertz CT molecular complexity index is 494. The van der Waals surface area contributed by atoms with Crippen molar-refractivity contribution >= 4 is 11.6 Å². The fourth-order valence-corrected chi connectivity index (χ4v) is 1.96. The topological polar surface area (TPSA) is 9.23 Å². The minimum atomic E-state index is 0.521. The van der Waals surface area contributed by atoms with Crippen LogP contribution in [-0.2, 0) is 12.5 Å². The van der Waals surface area contributed by atoms with Crippen molar-refractivity contribution in [2.45, 2.75) is 19.4 Å². The third-order valence-corrected chi connectivity index (χ3v) is 2.93. The van der Waals surface area contributed by atoms with Gasteiger partial charge in [0.2, 0.25) is 0 Å². The summed E-state index contributed by atoms with van der Waals surface area (Å²) in [6.45, 7) is 2.62. The maximum atomic E-state index is 5.88. The molecular weight excluding hydrogens is 232 g/mol. The molecule has 0 aromatic heterocycles. The summed E-state index contributed by atoms with van der Waals surface area (Å²) in [5.41, 5.74) is 3.47. The molecule has 0 bridgehead atoms. The highest BCUT2D eigenvalue weighted by atomic mass is 35.5. The van der Waals surface area contributed by atoms with Crippen LogP contribution < -0.4 is 4.74 Å². The third kappa shape index (κ3) is 3.24. The van der Waals surface area contributed by atoms with E-state index >= 15 is 0 Å². The van der Waals surface area contributed by atoms with E-state index in [-0.39, 0.29) is 0 Å². The number of halogens is 1. The van der Waals surface area contributed by atoms with E-state index in [0.29, 0.717) is 12.5 Å². The van der Waals surface area contributed by atoms with E-state index in [1.807, 2.05) is 42.5 Å². The first kappa shape index (κ1) is 12.0. The monoisotopic (exact) mass is 246 g/mol. The van der Waals surface area contributed by atoms with Gasteiger partial charge in [0.15, 0.2) is 0 Å². The van der Waals surface area contributed by atoms with Gasteiger partial charge in [-0.1, -0.05) is 36.4 Å². The molecule has 17 heavy (non-hydrogen) atoms. The molecule has 0 amide bonds. The first-order valence-corrected chi connectivity index (χ1v) is 6.15. The summed E-state index contributed by atoms with van der Waals surface area (Å²) >= 11 is 5.88. The van der Waals surface area contributed by atoms with Crippen molar-refractivity contribution in [1.29, 1.82) is 0 Å². The van der Waals surface area contributed by atoms with Crippen molar-refractivity contribution in [3.05, 3.63) is 65.2 Å². The molecule has 1 nitrogen and oxygen atoms in total. The molecule has 0 radical (unpaired) electrons. The van der Waals surface area contributed by atoms with Gasteiger partial charge < -0.3 is 4.74 Å². The van der Waals surface area contributed by atoms with Gasteiger partial charge in [0.25, 0.3) is 0 Å². The van der Waals surface area contributed by atoms with Gasteiger partial charge in [-0.2, -0.15) is 0 Å². The van der Waals surface area contributed by atoms with Crippen LogP contribution in [0, 0.1) is 6.92 Å². The molecule has 0 aliphatic carbocycles. The van der Waals surface area contributed by atoms with Gasteiger partial charge in [-0.3, -0.25) is 0 Å². The Balaban J connectivity index is 2.07. The average Bonchev–Trinajstić information content (AvgIpc) is 2.37. The Morgan fingerprint density at radius 3 is 2.47 bits per heavy atom. The molecule has 0 atom stereocenters. The Hall–Kier alpha value is -1.47. The molecule has 0 aliphatic rings. The van der Waals surface area contributed by atoms with E-state index in [2.05, 4.69) is 13.0 Å². The number of hydrogen-bond donors (Lipinski definition) is 0. The highest BCUT2D eigenvalue weighted by Gasteiger charge is 2.01. The third-order valence-electron chi connectivity index (χ3n) is 2.65. The largest absolute Gasteiger partial charge is 0.489 e. The fraction of sp³-hybridized carbons (Fsp3) is 0.200. The van der Waals surface area contributed by atoms with Gasteiger partial charge in [-0.25, -0.2) is 0 Å². The molecule has 0 saturated carbocycles. The second-order valence-corrected chi connectivity index (χ2v) is 4.27. The van der Waals surface area contributed by atoms with Gasteiger partial charge in [-0.15, -0.1) is 11.6 Å². The number of rotatable bonds is 4. The predicted octanol–water partition coefficient (Wildman–Crippen LogP) is 4.31. The second-order valence-electron chi connectivity index (χ2n) is 4.01. The minimum Gasteiger partial charge on any atom is -0.489 e. The lowest BCUT2D eigenvalue weighted by molar-refractivity contribution is 0.305. The van der Waals surface area contributed by atoms with E-state index < -0.39 is 0 Å². The molecule has 88 valence electrons. The van der Waals surface area contributed by atoms with Crippen LogP contribution in [0.15, 0.2) is 48.5 Å². The van der Waals surface area contributed by atoms with Crippen LogP contribution in [-0.4, -0.2) is 0 Å². The highest BCUT2D eigenvalue weighted by molar-refractivity contribution is 6.17. The lowest BCUT2D eigenvalue weighted by Gasteiger charge is -2.09. The summed E-state index contributed by atoms with van der Waals surface area (Å²) in [5, 5.41) is 0. The van der Waals surface area contributed by atoms with E-state index in [0.717, 1.165) is 16.9 Å². The summed E-state index contributed by atoms with van der Waals surface area (Å²) in [4.78, 5) is 0. The summed E-state index contributed by atoms with van der Waals surface area (Å²) in [6, 6.07) is 16.1. The molecule has 2 aromatic carbocycles. The van der Waals surface area contributed by atoms with E-state index in [1.165, 1.54) is 5.56 Å². The van der Waals surface area contributed by atoms with Crippen molar-refractivity contribution in [2.24, 2.45) is 0 Å². The molecular formula is C15H15ClO. The lowest BCUT2D eigenvalue weighted by atomic mass is 10.1. The summed E-state index contributed by atoms with van der Waals surface area (Å²) in [6.07, 6.45) is 0. The Morgan fingerprint density at radius 1 is 1.00 bits per heavy atom. The molecule has 0 N–H and O–H groups in total. The van der Waals surface area contributed by atoms with Crippen molar-refractivity contribution < 1.29 is 4.74 Å². The minimum absolute atomic E-state index is 0.521. The molecule has 0 heterocycles. The quantitative estimate of drug-likeness (QED) is 0.731. The zero-order valence-corrected chi connectivity index (χ0v) is 10.6. The average molecular weight is 247 g/mol. The Kier molecular flexibility index (Phi) is 4.05. The standard InChI is InChI=1S/C15H15ClO/c1-12-5-4-8-15(9-12)17-11-14-7-3-2-6-13(14)10-16/h2-9H,10-11H2,1H3. The molecule has 0 aliphatic heterocycles. The highest BCUT2D eigenvalue weighted by Crippen LogP contribution is 2.17. The lowest BCUT2D eigenvalue weighted by Crippen LogP contribution is -1.98. The first-order chi connectivity index (χ1) is 8.29. The summed E-state index contributed by atoms with van der Waals surface area (Å²) in [7, 11) is 0. The molecule has 0 saturated heterocycles. The van der Waals surface area contributed by atoms with Crippen LogP contribution in [0.5, 0.6) is 5.75 Å². The molecule has 2 heteroatoms. The number of aryl methyl sites for hydroxylation is 1. The number of ether oxygens (including phenoxy) is 1. The van der Waals surface area contributed by atoms with Crippen molar-refractivity contribution in [3.63, 3.8) is 0 Å². The normalized spacial score (nSPS) is 10.2. The second kappa shape index (κ2) is 5.74. The SMILES string of the molecule is Cc1cccc(OCc2ccccc2CCl)c1. The number of benzene rings is 2. The summed E-state index contributed by atoms with van der Waals surface area (Å²) in [5.74, 6) is 1.42. The van der Waals surface area contributed by atoms with Crippen LogP contribution in [0.1, 0.15) is 16.7 Å². The Labute approximate surface area is 107 Å². The number of hydrogen-bond acceptors (Lipinski definition) is 1. The van der Waals surface area contributed by atoms with Crippen LogP contribution in [0.3, 0.4) is 0 Å². The zero-order chi connectivity index (χ0) is 12.1. The van der Waals surface area contributed by atoms with Crippen molar-refractivity contribution in [1.82, 2.24) is 0 Å². The van der Waals surface area contributed by atoms with E-state index in [9.17, 15) is 0 Å². The molecule has 0 spiro atoms. The smallest absolute Gasteiger partial charge is 0.120 e. The van der Waals surface area contributed by atoms with Gasteiger partial charge in [0, 0.05) is 5.88 Å². The van der Waals surface area contributed by atoms with Gasteiger partial charge in [0.05, 0.1) is 0 Å². The van der Waals surface area contributed by atoms with E-state index in [1.54, 1.807) is 0 Å². The molecule has 0 fully saturated rings. The summed E-state index contributed by atoms with van der Waals surface area (Å²) < 4.78 is 5.76. The predicted molar refractivity (Wildman–Crippen MR) is 71.5 cm³/mol. The molecule has 2 rings (SSSR count). The fourth-order valence-electron chi connectivity index (χ4n) is 1.69. The Morgan fingerprint density at radius 2 is 1.76 bits per heavy atom.